The number of carboxylic acid groups (broad SMARTS) is 1. The normalized spacial score (nSPS) is 12.6. The Labute approximate surface area is 83.1 Å². The van der Waals surface area contributed by atoms with Gasteiger partial charge >= 0.3 is 5.97 Å². The van der Waals surface area contributed by atoms with E-state index < -0.39 is 12.0 Å². The SMILES string of the molecule is CN(C)CCC(=O)NC[C@H](N)C(=O)O. The summed E-state index contributed by atoms with van der Waals surface area (Å²) in [7, 11) is 3.71. The maximum atomic E-state index is 11.1. The lowest BCUT2D eigenvalue weighted by atomic mass is 10.3. The van der Waals surface area contributed by atoms with Crippen molar-refractivity contribution in [2.24, 2.45) is 5.73 Å². The fourth-order valence-electron chi connectivity index (χ4n) is 0.725. The van der Waals surface area contributed by atoms with Gasteiger partial charge in [0.25, 0.3) is 0 Å². The van der Waals surface area contributed by atoms with Crippen LogP contribution >= 0.6 is 0 Å². The average molecular weight is 203 g/mol. The average Bonchev–Trinajstić information content (AvgIpc) is 2.10. The van der Waals surface area contributed by atoms with E-state index in [0.717, 1.165) is 0 Å². The molecule has 6 heteroatoms. The van der Waals surface area contributed by atoms with E-state index in [1.54, 1.807) is 0 Å². The molecule has 0 rings (SSSR count). The number of carbonyl (C=O) groups excluding carboxylic acids is 1. The van der Waals surface area contributed by atoms with E-state index in [1.807, 2.05) is 19.0 Å². The maximum absolute atomic E-state index is 11.1. The Morgan fingerprint density at radius 1 is 1.50 bits per heavy atom. The molecule has 0 bridgehead atoms. The second-order valence-electron chi connectivity index (χ2n) is 3.30. The fourth-order valence-corrected chi connectivity index (χ4v) is 0.725. The Morgan fingerprint density at radius 3 is 2.50 bits per heavy atom. The summed E-state index contributed by atoms with van der Waals surface area (Å²) in [4.78, 5) is 23.3. The molecule has 0 aliphatic rings. The largest absolute Gasteiger partial charge is 0.480 e. The smallest absolute Gasteiger partial charge is 0.322 e. The summed E-state index contributed by atoms with van der Waals surface area (Å²) in [6, 6.07) is -1.03. The highest BCUT2D eigenvalue weighted by Gasteiger charge is 2.12. The third kappa shape index (κ3) is 6.38. The molecule has 0 fully saturated rings. The number of amides is 1. The molecular formula is C8H17N3O3. The highest BCUT2D eigenvalue weighted by Crippen LogP contribution is 1.84. The molecule has 0 aromatic carbocycles. The van der Waals surface area contributed by atoms with Crippen molar-refractivity contribution in [1.82, 2.24) is 10.2 Å². The molecule has 82 valence electrons. The number of rotatable bonds is 6. The Hall–Kier alpha value is -1.14. The van der Waals surface area contributed by atoms with Crippen LogP contribution < -0.4 is 11.1 Å². The van der Waals surface area contributed by atoms with E-state index in [1.165, 1.54) is 0 Å². The van der Waals surface area contributed by atoms with Gasteiger partial charge in [-0.15, -0.1) is 0 Å². The Kier molecular flexibility index (Phi) is 5.82. The predicted octanol–water partition coefficient (Wildman–Crippen LogP) is -1.53. The summed E-state index contributed by atoms with van der Waals surface area (Å²) < 4.78 is 0. The molecule has 0 radical (unpaired) electrons. The van der Waals surface area contributed by atoms with Crippen LogP contribution in [0, 0.1) is 0 Å². The van der Waals surface area contributed by atoms with Crippen molar-refractivity contribution in [3.63, 3.8) is 0 Å². The van der Waals surface area contributed by atoms with Gasteiger partial charge in [-0.2, -0.15) is 0 Å². The molecule has 0 spiro atoms. The molecule has 0 saturated heterocycles. The monoisotopic (exact) mass is 203 g/mol. The second kappa shape index (κ2) is 6.33. The summed E-state index contributed by atoms with van der Waals surface area (Å²) in [5, 5.41) is 10.9. The highest BCUT2D eigenvalue weighted by atomic mass is 16.4. The summed E-state index contributed by atoms with van der Waals surface area (Å²) in [6.45, 7) is 0.607. The molecule has 0 aromatic rings. The zero-order valence-electron chi connectivity index (χ0n) is 8.49. The highest BCUT2D eigenvalue weighted by molar-refractivity contribution is 5.78. The number of hydrogen-bond donors (Lipinski definition) is 3. The summed E-state index contributed by atoms with van der Waals surface area (Å²) in [5.41, 5.74) is 5.20. The molecule has 14 heavy (non-hydrogen) atoms. The lowest BCUT2D eigenvalue weighted by molar-refractivity contribution is -0.138. The van der Waals surface area contributed by atoms with Crippen molar-refractivity contribution in [1.29, 1.82) is 0 Å². The van der Waals surface area contributed by atoms with Gasteiger partial charge in [0.1, 0.15) is 6.04 Å². The van der Waals surface area contributed by atoms with Gasteiger partial charge in [0, 0.05) is 19.5 Å². The Bertz CT molecular complexity index is 206. The van der Waals surface area contributed by atoms with Crippen molar-refractivity contribution >= 4 is 11.9 Å². The van der Waals surface area contributed by atoms with Crippen molar-refractivity contribution in [3.05, 3.63) is 0 Å². The third-order valence-electron chi connectivity index (χ3n) is 1.62. The van der Waals surface area contributed by atoms with Crippen molar-refractivity contribution < 1.29 is 14.7 Å². The van der Waals surface area contributed by atoms with Crippen molar-refractivity contribution in [3.8, 4) is 0 Å². The Balaban J connectivity index is 3.59. The van der Waals surface area contributed by atoms with Crippen LogP contribution in [0.3, 0.4) is 0 Å². The van der Waals surface area contributed by atoms with Crippen LogP contribution in [0.5, 0.6) is 0 Å². The molecule has 0 aromatic heterocycles. The second-order valence-corrected chi connectivity index (χ2v) is 3.30. The van der Waals surface area contributed by atoms with E-state index in [4.69, 9.17) is 10.8 Å². The maximum Gasteiger partial charge on any atom is 0.322 e. The number of hydrogen-bond acceptors (Lipinski definition) is 4. The third-order valence-corrected chi connectivity index (χ3v) is 1.62. The minimum Gasteiger partial charge on any atom is -0.480 e. The van der Waals surface area contributed by atoms with Gasteiger partial charge in [-0.05, 0) is 14.1 Å². The number of carboxylic acids is 1. The Morgan fingerprint density at radius 2 is 2.07 bits per heavy atom. The first kappa shape index (κ1) is 12.9. The minimum atomic E-state index is -1.11. The van der Waals surface area contributed by atoms with E-state index in [-0.39, 0.29) is 12.5 Å². The van der Waals surface area contributed by atoms with Crippen molar-refractivity contribution in [2.75, 3.05) is 27.2 Å². The predicted molar refractivity (Wildman–Crippen MR) is 51.8 cm³/mol. The van der Waals surface area contributed by atoms with Crippen LogP contribution in [-0.4, -0.2) is 55.1 Å². The standard InChI is InChI=1S/C8H17N3O3/c1-11(2)4-3-7(12)10-5-6(9)8(13)14/h6H,3-5,9H2,1-2H3,(H,10,12)(H,13,14)/t6-/m0/s1. The number of nitrogens with one attached hydrogen (secondary N) is 1. The molecule has 1 amide bonds. The number of carbonyl (C=O) groups is 2. The van der Waals surface area contributed by atoms with E-state index in [0.29, 0.717) is 13.0 Å². The van der Waals surface area contributed by atoms with Crippen LogP contribution in [0.2, 0.25) is 0 Å². The van der Waals surface area contributed by atoms with Crippen molar-refractivity contribution in [2.45, 2.75) is 12.5 Å². The summed E-state index contributed by atoms with van der Waals surface area (Å²) in [5.74, 6) is -1.30. The first-order valence-corrected chi connectivity index (χ1v) is 4.33. The van der Waals surface area contributed by atoms with Gasteiger partial charge in [-0.1, -0.05) is 0 Å². The molecular weight excluding hydrogens is 186 g/mol. The molecule has 0 heterocycles. The van der Waals surface area contributed by atoms with Gasteiger partial charge in [0.05, 0.1) is 0 Å². The minimum absolute atomic E-state index is 0.0262. The molecule has 4 N–H and O–H groups in total. The van der Waals surface area contributed by atoms with Gasteiger partial charge < -0.3 is 21.1 Å². The summed E-state index contributed by atoms with van der Waals surface area (Å²) in [6.07, 6.45) is 0.347. The van der Waals surface area contributed by atoms with Crippen LogP contribution in [0.15, 0.2) is 0 Å². The first-order chi connectivity index (χ1) is 6.43. The zero-order chi connectivity index (χ0) is 11.1. The number of aliphatic carboxylic acids is 1. The molecule has 0 unspecified atom stereocenters. The van der Waals surface area contributed by atoms with Gasteiger partial charge in [-0.25, -0.2) is 0 Å². The molecule has 1 atom stereocenters. The van der Waals surface area contributed by atoms with Crippen LogP contribution in [0.4, 0.5) is 0 Å². The van der Waals surface area contributed by atoms with Gasteiger partial charge in [0.15, 0.2) is 0 Å². The molecule has 0 aliphatic heterocycles. The first-order valence-electron chi connectivity index (χ1n) is 4.33. The summed E-state index contributed by atoms with van der Waals surface area (Å²) >= 11 is 0. The van der Waals surface area contributed by atoms with E-state index in [9.17, 15) is 9.59 Å². The van der Waals surface area contributed by atoms with Crippen LogP contribution in [0.1, 0.15) is 6.42 Å². The molecule has 6 nitrogen and oxygen atoms in total. The van der Waals surface area contributed by atoms with Crippen LogP contribution in [-0.2, 0) is 9.59 Å². The lowest BCUT2D eigenvalue weighted by Crippen LogP contribution is -2.42. The number of nitrogens with zero attached hydrogens (tertiary/aromatic N) is 1. The van der Waals surface area contributed by atoms with E-state index in [2.05, 4.69) is 5.32 Å². The molecule has 0 aliphatic carbocycles. The quantitative estimate of drug-likeness (QED) is 0.486. The van der Waals surface area contributed by atoms with E-state index >= 15 is 0 Å². The van der Waals surface area contributed by atoms with Gasteiger partial charge in [0.2, 0.25) is 5.91 Å². The van der Waals surface area contributed by atoms with Crippen LogP contribution in [0.25, 0.3) is 0 Å². The topological polar surface area (TPSA) is 95.7 Å². The molecule has 0 saturated carbocycles. The zero-order valence-corrected chi connectivity index (χ0v) is 8.49. The number of nitrogens with two attached hydrogens (primary N) is 1. The van der Waals surface area contributed by atoms with Gasteiger partial charge in [-0.3, -0.25) is 9.59 Å². The fraction of sp³-hybridized carbons (Fsp3) is 0.750. The lowest BCUT2D eigenvalue weighted by Gasteiger charge is -2.11.